The van der Waals surface area contributed by atoms with Gasteiger partial charge in [0, 0.05) is 6.04 Å². The number of nitrogens with one attached hydrogen (secondary N) is 2. The smallest absolute Gasteiger partial charge is 0.325 e. The molecule has 0 saturated heterocycles. The normalized spacial score (nSPS) is 27.1. The molecule has 0 aromatic heterocycles. The number of carbonyl (C=O) groups excluding carboxylic acids is 1. The van der Waals surface area contributed by atoms with E-state index < -0.39 is 12.0 Å². The monoisotopic (exact) mass is 214 g/mol. The number of carboxylic acids is 1. The summed E-state index contributed by atoms with van der Waals surface area (Å²) in [6, 6.07) is -1.05. The highest BCUT2D eigenvalue weighted by molar-refractivity contribution is 5.82. The third-order valence-corrected chi connectivity index (χ3v) is 2.90. The van der Waals surface area contributed by atoms with Crippen LogP contribution in [0, 0.1) is 5.92 Å². The lowest BCUT2D eigenvalue weighted by Crippen LogP contribution is -2.48. The minimum Gasteiger partial charge on any atom is -0.480 e. The SMILES string of the molecule is CC1CCCC1NC(=O)N[C@H](C)C(=O)O. The van der Waals surface area contributed by atoms with Crippen LogP contribution >= 0.6 is 0 Å². The van der Waals surface area contributed by atoms with Crippen molar-refractivity contribution in [2.75, 3.05) is 0 Å². The maximum Gasteiger partial charge on any atom is 0.325 e. The van der Waals surface area contributed by atoms with Gasteiger partial charge in [0.25, 0.3) is 0 Å². The molecular formula is C10H18N2O3. The third-order valence-electron chi connectivity index (χ3n) is 2.90. The molecule has 5 nitrogen and oxygen atoms in total. The molecule has 1 fully saturated rings. The van der Waals surface area contributed by atoms with E-state index in [1.807, 2.05) is 0 Å². The summed E-state index contributed by atoms with van der Waals surface area (Å²) < 4.78 is 0. The molecule has 3 N–H and O–H groups in total. The van der Waals surface area contributed by atoms with Gasteiger partial charge in [-0.1, -0.05) is 13.3 Å². The fraction of sp³-hybridized carbons (Fsp3) is 0.800. The van der Waals surface area contributed by atoms with Crippen LogP contribution in [0.4, 0.5) is 4.79 Å². The van der Waals surface area contributed by atoms with E-state index in [0.717, 1.165) is 19.3 Å². The topological polar surface area (TPSA) is 78.4 Å². The van der Waals surface area contributed by atoms with Crippen molar-refractivity contribution in [1.29, 1.82) is 0 Å². The summed E-state index contributed by atoms with van der Waals surface area (Å²) in [4.78, 5) is 21.9. The fourth-order valence-corrected chi connectivity index (χ4v) is 1.83. The summed E-state index contributed by atoms with van der Waals surface area (Å²) >= 11 is 0. The second-order valence-corrected chi connectivity index (χ2v) is 4.19. The first kappa shape index (κ1) is 11.8. The molecule has 5 heteroatoms. The van der Waals surface area contributed by atoms with Crippen LogP contribution < -0.4 is 10.6 Å². The summed E-state index contributed by atoms with van der Waals surface area (Å²) in [5.41, 5.74) is 0. The number of hydrogen-bond donors (Lipinski definition) is 3. The van der Waals surface area contributed by atoms with Crippen LogP contribution in [0.5, 0.6) is 0 Å². The van der Waals surface area contributed by atoms with Gasteiger partial charge in [-0.3, -0.25) is 4.79 Å². The van der Waals surface area contributed by atoms with E-state index in [9.17, 15) is 9.59 Å². The summed E-state index contributed by atoms with van der Waals surface area (Å²) in [5.74, 6) is -0.541. The molecule has 0 aromatic rings. The predicted molar refractivity (Wildman–Crippen MR) is 55.6 cm³/mol. The Kier molecular flexibility index (Phi) is 3.94. The highest BCUT2D eigenvalue weighted by Crippen LogP contribution is 2.24. The van der Waals surface area contributed by atoms with E-state index in [2.05, 4.69) is 17.6 Å². The van der Waals surface area contributed by atoms with Crippen molar-refractivity contribution in [1.82, 2.24) is 10.6 Å². The Balaban J connectivity index is 2.32. The molecule has 1 rings (SSSR count). The summed E-state index contributed by atoms with van der Waals surface area (Å²) in [6.07, 6.45) is 3.23. The number of urea groups is 1. The maximum atomic E-state index is 11.4. The molecule has 0 aromatic carbocycles. The van der Waals surface area contributed by atoms with Crippen LogP contribution in [-0.4, -0.2) is 29.2 Å². The van der Waals surface area contributed by atoms with Crippen LogP contribution in [0.3, 0.4) is 0 Å². The Morgan fingerprint density at radius 3 is 2.53 bits per heavy atom. The second-order valence-electron chi connectivity index (χ2n) is 4.19. The van der Waals surface area contributed by atoms with E-state index in [0.29, 0.717) is 5.92 Å². The zero-order chi connectivity index (χ0) is 11.4. The minimum atomic E-state index is -1.02. The summed E-state index contributed by atoms with van der Waals surface area (Å²) in [7, 11) is 0. The van der Waals surface area contributed by atoms with Crippen molar-refractivity contribution in [2.45, 2.75) is 45.2 Å². The summed E-state index contributed by atoms with van der Waals surface area (Å²) in [6.45, 7) is 3.54. The van der Waals surface area contributed by atoms with E-state index in [1.165, 1.54) is 6.92 Å². The van der Waals surface area contributed by atoms with Crippen molar-refractivity contribution in [3.05, 3.63) is 0 Å². The molecule has 2 unspecified atom stereocenters. The molecule has 0 spiro atoms. The zero-order valence-electron chi connectivity index (χ0n) is 9.12. The van der Waals surface area contributed by atoms with Crippen molar-refractivity contribution in [3.63, 3.8) is 0 Å². The van der Waals surface area contributed by atoms with Gasteiger partial charge in [0.05, 0.1) is 0 Å². The first-order valence-corrected chi connectivity index (χ1v) is 5.30. The molecule has 0 radical (unpaired) electrons. The van der Waals surface area contributed by atoms with E-state index in [1.54, 1.807) is 0 Å². The van der Waals surface area contributed by atoms with Crippen LogP contribution in [0.25, 0.3) is 0 Å². The average Bonchev–Trinajstić information content (AvgIpc) is 2.51. The van der Waals surface area contributed by atoms with E-state index in [-0.39, 0.29) is 12.1 Å². The molecule has 86 valence electrons. The average molecular weight is 214 g/mol. The fourth-order valence-electron chi connectivity index (χ4n) is 1.83. The van der Waals surface area contributed by atoms with Gasteiger partial charge in [-0.15, -0.1) is 0 Å². The van der Waals surface area contributed by atoms with Gasteiger partial charge in [0.1, 0.15) is 6.04 Å². The van der Waals surface area contributed by atoms with Gasteiger partial charge < -0.3 is 15.7 Å². The number of amides is 2. The van der Waals surface area contributed by atoms with Gasteiger partial charge >= 0.3 is 12.0 Å². The molecular weight excluding hydrogens is 196 g/mol. The van der Waals surface area contributed by atoms with Gasteiger partial charge in [0.15, 0.2) is 0 Å². The molecule has 2 amide bonds. The van der Waals surface area contributed by atoms with Gasteiger partial charge in [-0.05, 0) is 25.7 Å². The second kappa shape index (κ2) is 5.00. The van der Waals surface area contributed by atoms with Crippen LogP contribution in [0.2, 0.25) is 0 Å². The molecule has 3 atom stereocenters. The van der Waals surface area contributed by atoms with Crippen molar-refractivity contribution < 1.29 is 14.7 Å². The van der Waals surface area contributed by atoms with Crippen molar-refractivity contribution >= 4 is 12.0 Å². The molecule has 0 heterocycles. The van der Waals surface area contributed by atoms with Crippen molar-refractivity contribution in [3.8, 4) is 0 Å². The maximum absolute atomic E-state index is 11.4. The number of carboxylic acid groups (broad SMARTS) is 1. The third kappa shape index (κ3) is 3.42. The highest BCUT2D eigenvalue weighted by Gasteiger charge is 2.25. The number of carbonyl (C=O) groups is 2. The number of aliphatic carboxylic acids is 1. The Morgan fingerprint density at radius 1 is 1.40 bits per heavy atom. The Bertz CT molecular complexity index is 255. The van der Waals surface area contributed by atoms with Crippen LogP contribution in [-0.2, 0) is 4.79 Å². The quantitative estimate of drug-likeness (QED) is 0.654. The van der Waals surface area contributed by atoms with Crippen molar-refractivity contribution in [2.24, 2.45) is 5.92 Å². The van der Waals surface area contributed by atoms with E-state index >= 15 is 0 Å². The lowest BCUT2D eigenvalue weighted by Gasteiger charge is -2.18. The van der Waals surface area contributed by atoms with Gasteiger partial charge in [-0.25, -0.2) is 4.79 Å². The largest absolute Gasteiger partial charge is 0.480 e. The Morgan fingerprint density at radius 2 is 2.07 bits per heavy atom. The predicted octanol–water partition coefficient (Wildman–Crippen LogP) is 0.947. The zero-order valence-corrected chi connectivity index (χ0v) is 9.12. The first-order valence-electron chi connectivity index (χ1n) is 5.30. The summed E-state index contributed by atoms with van der Waals surface area (Å²) in [5, 5.41) is 13.8. The molecule has 1 saturated carbocycles. The molecule has 1 aliphatic rings. The number of hydrogen-bond acceptors (Lipinski definition) is 2. The first-order chi connectivity index (χ1) is 7.00. The number of rotatable bonds is 3. The lowest BCUT2D eigenvalue weighted by atomic mass is 10.1. The van der Waals surface area contributed by atoms with E-state index in [4.69, 9.17) is 5.11 Å². The molecule has 0 aliphatic heterocycles. The van der Waals surface area contributed by atoms with Crippen LogP contribution in [0.1, 0.15) is 33.1 Å². The van der Waals surface area contributed by atoms with Gasteiger partial charge in [0.2, 0.25) is 0 Å². The van der Waals surface area contributed by atoms with Gasteiger partial charge in [-0.2, -0.15) is 0 Å². The van der Waals surface area contributed by atoms with Crippen LogP contribution in [0.15, 0.2) is 0 Å². The molecule has 1 aliphatic carbocycles. The minimum absolute atomic E-state index is 0.186. The Labute approximate surface area is 89.2 Å². The lowest BCUT2D eigenvalue weighted by molar-refractivity contribution is -0.138. The highest BCUT2D eigenvalue weighted by atomic mass is 16.4. The standard InChI is InChI=1S/C10H18N2O3/c1-6-4-3-5-8(6)12-10(15)11-7(2)9(13)14/h6-8H,3-5H2,1-2H3,(H,13,14)(H2,11,12,15)/t6?,7-,8?/m1/s1. The molecule has 15 heavy (non-hydrogen) atoms. The Hall–Kier alpha value is -1.26. The molecule has 0 bridgehead atoms.